The van der Waals surface area contributed by atoms with Crippen molar-refractivity contribution in [2.45, 2.75) is 46.1 Å². The molecule has 0 aliphatic carbocycles. The number of carbonyl (C=O) groups is 1. The molecule has 9 nitrogen and oxygen atoms in total. The molecule has 1 aliphatic heterocycles. The molecule has 1 saturated heterocycles. The van der Waals surface area contributed by atoms with Crippen molar-refractivity contribution < 1.29 is 19.0 Å². The number of amides is 1. The molecule has 1 aliphatic rings. The molecule has 0 saturated carbocycles. The predicted octanol–water partition coefficient (Wildman–Crippen LogP) is 2.16. The number of carbonyl (C=O) groups excluding carboxylic acids is 1. The van der Waals surface area contributed by atoms with Gasteiger partial charge in [0.05, 0.1) is 13.2 Å². The lowest BCUT2D eigenvalue weighted by Crippen LogP contribution is -2.50. The number of aliphatic imine (C=N–C) groups is 1. The Bertz CT molecular complexity index is 495. The van der Waals surface area contributed by atoms with Gasteiger partial charge < -0.3 is 29.7 Å². The third-order valence-corrected chi connectivity index (χ3v) is 4.46. The topological polar surface area (TPSA) is 87.7 Å². The Kier molecular flexibility index (Phi) is 17.2. The Morgan fingerprint density at radius 1 is 1.03 bits per heavy atom. The van der Waals surface area contributed by atoms with E-state index in [-0.39, 0.29) is 30.1 Å². The minimum Gasteiger partial charge on any atom is -0.444 e. The number of piperazine rings is 1. The maximum atomic E-state index is 12.1. The van der Waals surface area contributed by atoms with E-state index in [0.29, 0.717) is 19.8 Å². The summed E-state index contributed by atoms with van der Waals surface area (Å²) < 4.78 is 15.9. The zero-order valence-electron chi connectivity index (χ0n) is 20.1. The Labute approximate surface area is 205 Å². The van der Waals surface area contributed by atoms with Crippen LogP contribution in [0.15, 0.2) is 4.99 Å². The third kappa shape index (κ3) is 15.6. The SMILES string of the molecule is CCNC(=NCCCOCCOC)NCCCN1CCN(C(=O)OC(C)(C)C)CC1.I. The molecule has 0 bridgehead atoms. The zero-order chi connectivity index (χ0) is 22.2. The molecule has 0 atom stereocenters. The number of ether oxygens (including phenoxy) is 3. The summed E-state index contributed by atoms with van der Waals surface area (Å²) in [5, 5.41) is 6.67. The van der Waals surface area contributed by atoms with Crippen molar-refractivity contribution in [3.8, 4) is 0 Å². The molecule has 1 fully saturated rings. The van der Waals surface area contributed by atoms with E-state index in [1.54, 1.807) is 12.0 Å². The number of rotatable bonds is 12. The summed E-state index contributed by atoms with van der Waals surface area (Å²) in [5.74, 6) is 0.851. The largest absolute Gasteiger partial charge is 0.444 e. The number of methoxy groups -OCH3 is 1. The van der Waals surface area contributed by atoms with Crippen molar-refractivity contribution in [3.63, 3.8) is 0 Å². The summed E-state index contributed by atoms with van der Waals surface area (Å²) in [7, 11) is 1.67. The van der Waals surface area contributed by atoms with Gasteiger partial charge in [0.2, 0.25) is 0 Å². The highest BCUT2D eigenvalue weighted by Crippen LogP contribution is 2.11. The Hall–Kier alpha value is -0.850. The van der Waals surface area contributed by atoms with Crippen molar-refractivity contribution in [1.82, 2.24) is 20.4 Å². The van der Waals surface area contributed by atoms with Gasteiger partial charge in [-0.15, -0.1) is 24.0 Å². The first-order valence-electron chi connectivity index (χ1n) is 11.1. The van der Waals surface area contributed by atoms with E-state index in [2.05, 4.69) is 27.4 Å². The number of nitrogens with one attached hydrogen (secondary N) is 2. The van der Waals surface area contributed by atoms with Crippen LogP contribution in [0.5, 0.6) is 0 Å². The van der Waals surface area contributed by atoms with Crippen molar-refractivity contribution in [1.29, 1.82) is 0 Å². The second-order valence-corrected chi connectivity index (χ2v) is 8.31. The van der Waals surface area contributed by atoms with E-state index in [9.17, 15) is 4.79 Å². The molecular formula is C21H44IN5O4. The summed E-state index contributed by atoms with van der Waals surface area (Å²) in [5.41, 5.74) is -0.442. The summed E-state index contributed by atoms with van der Waals surface area (Å²) in [4.78, 5) is 20.9. The fraction of sp³-hybridized carbons (Fsp3) is 0.905. The molecule has 10 heteroatoms. The highest BCUT2D eigenvalue weighted by atomic mass is 127. The van der Waals surface area contributed by atoms with Gasteiger partial charge in [0.25, 0.3) is 0 Å². The highest BCUT2D eigenvalue weighted by molar-refractivity contribution is 14.0. The van der Waals surface area contributed by atoms with E-state index in [1.165, 1.54) is 0 Å². The molecule has 31 heavy (non-hydrogen) atoms. The van der Waals surface area contributed by atoms with Crippen LogP contribution in [0.3, 0.4) is 0 Å². The van der Waals surface area contributed by atoms with Gasteiger partial charge in [-0.2, -0.15) is 0 Å². The summed E-state index contributed by atoms with van der Waals surface area (Å²) in [6, 6.07) is 0. The van der Waals surface area contributed by atoms with Crippen LogP contribution in [-0.4, -0.2) is 107 Å². The zero-order valence-corrected chi connectivity index (χ0v) is 22.4. The van der Waals surface area contributed by atoms with Crippen LogP contribution in [0.25, 0.3) is 0 Å². The molecule has 1 rings (SSSR count). The van der Waals surface area contributed by atoms with Crippen molar-refractivity contribution in [2.75, 3.05) is 79.3 Å². The van der Waals surface area contributed by atoms with Crippen molar-refractivity contribution >= 4 is 36.0 Å². The minimum atomic E-state index is -0.442. The summed E-state index contributed by atoms with van der Waals surface area (Å²) in [6.45, 7) is 16.4. The Morgan fingerprint density at radius 3 is 2.35 bits per heavy atom. The molecule has 184 valence electrons. The Morgan fingerprint density at radius 2 is 1.74 bits per heavy atom. The van der Waals surface area contributed by atoms with Crippen LogP contribution in [-0.2, 0) is 14.2 Å². The number of guanidine groups is 1. The van der Waals surface area contributed by atoms with E-state index in [0.717, 1.165) is 71.2 Å². The average molecular weight is 558 g/mol. The first kappa shape index (κ1) is 30.1. The minimum absolute atomic E-state index is 0. The van der Waals surface area contributed by atoms with Crippen LogP contribution in [0.1, 0.15) is 40.5 Å². The maximum Gasteiger partial charge on any atom is 0.410 e. The predicted molar refractivity (Wildman–Crippen MR) is 136 cm³/mol. The number of halogens is 1. The molecule has 0 spiro atoms. The standard InChI is InChI=1S/C21H43N5O4.HI/c1-6-22-19(24-10-8-16-29-18-17-28-5)23-9-7-11-25-12-14-26(15-13-25)20(27)30-21(2,3)4;/h6-18H2,1-5H3,(H2,22,23,24);1H. The number of hydrogen-bond donors (Lipinski definition) is 2. The lowest BCUT2D eigenvalue weighted by Gasteiger charge is -2.35. The van der Waals surface area contributed by atoms with E-state index >= 15 is 0 Å². The second kappa shape index (κ2) is 17.7. The van der Waals surface area contributed by atoms with Crippen molar-refractivity contribution in [2.24, 2.45) is 4.99 Å². The first-order chi connectivity index (χ1) is 14.4. The van der Waals surface area contributed by atoms with Gasteiger partial charge in [-0.25, -0.2) is 4.79 Å². The van der Waals surface area contributed by atoms with E-state index in [1.807, 2.05) is 20.8 Å². The quantitative estimate of drug-likeness (QED) is 0.165. The van der Waals surface area contributed by atoms with Crippen LogP contribution in [0, 0.1) is 0 Å². The molecule has 0 radical (unpaired) electrons. The monoisotopic (exact) mass is 557 g/mol. The molecular weight excluding hydrogens is 513 g/mol. The highest BCUT2D eigenvalue weighted by Gasteiger charge is 2.25. The van der Waals surface area contributed by atoms with Gasteiger partial charge in [-0.1, -0.05) is 0 Å². The molecule has 1 amide bonds. The van der Waals surface area contributed by atoms with Crippen LogP contribution < -0.4 is 10.6 Å². The van der Waals surface area contributed by atoms with Gasteiger partial charge in [0, 0.05) is 59.5 Å². The van der Waals surface area contributed by atoms with Gasteiger partial charge in [-0.3, -0.25) is 9.89 Å². The average Bonchev–Trinajstić information content (AvgIpc) is 2.69. The van der Waals surface area contributed by atoms with Crippen molar-refractivity contribution in [3.05, 3.63) is 0 Å². The number of nitrogens with zero attached hydrogens (tertiary/aromatic N) is 3. The summed E-state index contributed by atoms with van der Waals surface area (Å²) in [6.07, 6.45) is 1.71. The first-order valence-corrected chi connectivity index (χ1v) is 11.1. The van der Waals surface area contributed by atoms with Crippen LogP contribution in [0.4, 0.5) is 4.79 Å². The molecule has 0 aromatic rings. The fourth-order valence-electron chi connectivity index (χ4n) is 2.93. The molecule has 0 unspecified atom stereocenters. The maximum absolute atomic E-state index is 12.1. The normalized spacial score (nSPS) is 15.4. The molecule has 2 N–H and O–H groups in total. The van der Waals surface area contributed by atoms with Gasteiger partial charge in [-0.05, 0) is 47.1 Å². The van der Waals surface area contributed by atoms with Gasteiger partial charge in [0.1, 0.15) is 5.60 Å². The molecule has 1 heterocycles. The van der Waals surface area contributed by atoms with E-state index in [4.69, 9.17) is 14.2 Å². The van der Waals surface area contributed by atoms with E-state index < -0.39 is 5.60 Å². The molecule has 0 aromatic heterocycles. The van der Waals surface area contributed by atoms with Crippen LogP contribution in [0.2, 0.25) is 0 Å². The lowest BCUT2D eigenvalue weighted by atomic mass is 10.2. The fourth-order valence-corrected chi connectivity index (χ4v) is 2.93. The summed E-state index contributed by atoms with van der Waals surface area (Å²) >= 11 is 0. The van der Waals surface area contributed by atoms with Gasteiger partial charge >= 0.3 is 6.09 Å². The second-order valence-electron chi connectivity index (χ2n) is 8.31. The third-order valence-electron chi connectivity index (χ3n) is 4.46. The van der Waals surface area contributed by atoms with Crippen LogP contribution >= 0.6 is 24.0 Å². The lowest BCUT2D eigenvalue weighted by molar-refractivity contribution is 0.0145. The van der Waals surface area contributed by atoms with Gasteiger partial charge in [0.15, 0.2) is 5.96 Å². The molecule has 0 aromatic carbocycles. The smallest absolute Gasteiger partial charge is 0.410 e. The Balaban J connectivity index is 0.00000900. The number of hydrogen-bond acceptors (Lipinski definition) is 6.